The van der Waals surface area contributed by atoms with Crippen LogP contribution in [0.3, 0.4) is 0 Å². The first-order valence-corrected chi connectivity index (χ1v) is 8.47. The third kappa shape index (κ3) is 3.69. The normalized spacial score (nSPS) is 12.3. The molecular weight excluding hydrogens is 322 g/mol. The molecule has 3 aromatic rings. The van der Waals surface area contributed by atoms with Crippen LogP contribution in [0.2, 0.25) is 0 Å². The van der Waals surface area contributed by atoms with Gasteiger partial charge in [-0.25, -0.2) is 0 Å². The van der Waals surface area contributed by atoms with E-state index in [0.717, 1.165) is 11.3 Å². The Labute approximate surface area is 144 Å². The number of carbonyl (C=O) groups excluding carboxylic acids is 1. The second kappa shape index (κ2) is 7.37. The molecule has 3 rings (SSSR count). The lowest BCUT2D eigenvalue weighted by atomic mass is 10.2. The number of nitrogens with one attached hydrogen (secondary N) is 2. The van der Waals surface area contributed by atoms with Gasteiger partial charge in [-0.15, -0.1) is 11.3 Å². The fourth-order valence-electron chi connectivity index (χ4n) is 2.41. The van der Waals surface area contributed by atoms with Gasteiger partial charge in [0.15, 0.2) is 0 Å². The Morgan fingerprint density at radius 1 is 1.33 bits per heavy atom. The van der Waals surface area contributed by atoms with Gasteiger partial charge in [0.25, 0.3) is 5.91 Å². The zero-order valence-electron chi connectivity index (χ0n) is 13.6. The molecule has 1 amide bonds. The molecule has 0 unspecified atom stereocenters. The van der Waals surface area contributed by atoms with Gasteiger partial charge in [-0.3, -0.25) is 14.9 Å². The van der Waals surface area contributed by atoms with Crippen LogP contribution in [-0.4, -0.2) is 46.6 Å². The van der Waals surface area contributed by atoms with Crippen molar-refractivity contribution in [2.45, 2.75) is 6.04 Å². The van der Waals surface area contributed by atoms with Crippen molar-refractivity contribution in [1.82, 2.24) is 25.4 Å². The van der Waals surface area contributed by atoms with E-state index in [-0.39, 0.29) is 11.9 Å². The molecule has 6 nitrogen and oxygen atoms in total. The van der Waals surface area contributed by atoms with Crippen LogP contribution in [-0.2, 0) is 0 Å². The fourth-order valence-corrected chi connectivity index (χ4v) is 3.33. The summed E-state index contributed by atoms with van der Waals surface area (Å²) >= 11 is 1.69. The third-order valence-corrected chi connectivity index (χ3v) is 4.72. The van der Waals surface area contributed by atoms with Crippen LogP contribution in [0.15, 0.2) is 48.1 Å². The maximum absolute atomic E-state index is 12.4. The van der Waals surface area contributed by atoms with E-state index in [9.17, 15) is 4.79 Å². The van der Waals surface area contributed by atoms with E-state index in [4.69, 9.17) is 0 Å². The van der Waals surface area contributed by atoms with Crippen LogP contribution in [0.4, 0.5) is 0 Å². The molecule has 0 spiro atoms. The zero-order chi connectivity index (χ0) is 16.9. The topological polar surface area (TPSA) is 73.9 Å². The van der Waals surface area contributed by atoms with E-state index in [0.29, 0.717) is 12.2 Å². The number of aromatic nitrogens is 3. The average molecular weight is 341 g/mol. The summed E-state index contributed by atoms with van der Waals surface area (Å²) in [6.45, 7) is 0.538. The lowest BCUT2D eigenvalue weighted by Gasteiger charge is -2.23. The molecule has 0 aliphatic heterocycles. The summed E-state index contributed by atoms with van der Waals surface area (Å²) < 4.78 is 0. The summed E-state index contributed by atoms with van der Waals surface area (Å²) in [4.78, 5) is 19.7. The standard InChI is InChI=1S/C17H19N5OS/c1-22(2)15(16-4-3-9-24-16)11-19-17(23)14-10-13(20-21-14)12-5-7-18-8-6-12/h3-10,15H,11H2,1-2H3,(H,19,23)(H,20,21)/t15-/m0/s1. The molecule has 0 aromatic carbocycles. The van der Waals surface area contributed by atoms with Crippen molar-refractivity contribution in [3.05, 3.63) is 58.7 Å². The lowest BCUT2D eigenvalue weighted by molar-refractivity contribution is 0.0937. The predicted molar refractivity (Wildman–Crippen MR) is 94.9 cm³/mol. The van der Waals surface area contributed by atoms with Crippen LogP contribution < -0.4 is 5.32 Å². The van der Waals surface area contributed by atoms with Crippen molar-refractivity contribution in [1.29, 1.82) is 0 Å². The molecule has 124 valence electrons. The van der Waals surface area contributed by atoms with Gasteiger partial charge >= 0.3 is 0 Å². The second-order valence-electron chi connectivity index (χ2n) is 5.61. The van der Waals surface area contributed by atoms with Crippen molar-refractivity contribution in [3.8, 4) is 11.3 Å². The molecular formula is C17H19N5OS. The van der Waals surface area contributed by atoms with Gasteiger partial charge in [0.2, 0.25) is 0 Å². The summed E-state index contributed by atoms with van der Waals surface area (Å²) in [6, 6.07) is 9.72. The summed E-state index contributed by atoms with van der Waals surface area (Å²) in [5, 5.41) is 12.0. The number of thiophene rings is 1. The second-order valence-corrected chi connectivity index (χ2v) is 6.59. The van der Waals surface area contributed by atoms with Crippen molar-refractivity contribution < 1.29 is 4.79 Å². The SMILES string of the molecule is CN(C)[C@@H](CNC(=O)c1cc(-c2ccncc2)n[nH]1)c1cccs1. The molecule has 7 heteroatoms. The van der Waals surface area contributed by atoms with E-state index in [1.54, 1.807) is 29.8 Å². The summed E-state index contributed by atoms with van der Waals surface area (Å²) in [6.07, 6.45) is 3.40. The molecule has 0 saturated heterocycles. The van der Waals surface area contributed by atoms with Crippen molar-refractivity contribution in [3.63, 3.8) is 0 Å². The van der Waals surface area contributed by atoms with Crippen LogP contribution in [0.1, 0.15) is 21.4 Å². The number of pyridine rings is 1. The number of rotatable bonds is 6. The van der Waals surface area contributed by atoms with Gasteiger partial charge in [-0.1, -0.05) is 6.07 Å². The Kier molecular flexibility index (Phi) is 5.02. The zero-order valence-corrected chi connectivity index (χ0v) is 14.4. The number of hydrogen-bond donors (Lipinski definition) is 2. The van der Waals surface area contributed by atoms with Crippen LogP contribution in [0, 0.1) is 0 Å². The molecule has 2 N–H and O–H groups in total. The molecule has 0 bridgehead atoms. The molecule has 0 saturated carbocycles. The molecule has 0 aliphatic rings. The van der Waals surface area contributed by atoms with E-state index in [1.165, 1.54) is 4.88 Å². The number of aromatic amines is 1. The predicted octanol–water partition coefficient (Wildman–Crippen LogP) is 2.57. The maximum Gasteiger partial charge on any atom is 0.269 e. The number of H-pyrrole nitrogens is 1. The third-order valence-electron chi connectivity index (χ3n) is 3.75. The Morgan fingerprint density at radius 2 is 2.12 bits per heavy atom. The van der Waals surface area contributed by atoms with Gasteiger partial charge in [0.05, 0.1) is 11.7 Å². The number of amides is 1. The van der Waals surface area contributed by atoms with Gasteiger partial charge < -0.3 is 10.2 Å². The Morgan fingerprint density at radius 3 is 2.79 bits per heavy atom. The highest BCUT2D eigenvalue weighted by molar-refractivity contribution is 7.10. The van der Waals surface area contributed by atoms with Crippen LogP contribution in [0.5, 0.6) is 0 Å². The highest BCUT2D eigenvalue weighted by Gasteiger charge is 2.17. The fraction of sp³-hybridized carbons (Fsp3) is 0.235. The molecule has 1 atom stereocenters. The Bertz CT molecular complexity index is 782. The minimum atomic E-state index is -0.161. The average Bonchev–Trinajstić information content (AvgIpc) is 3.27. The number of likely N-dealkylation sites (N-methyl/N-ethyl adjacent to an activating group) is 1. The first-order valence-electron chi connectivity index (χ1n) is 7.59. The van der Waals surface area contributed by atoms with Gasteiger partial charge in [-0.2, -0.15) is 5.10 Å². The number of carbonyl (C=O) groups is 1. The highest BCUT2D eigenvalue weighted by atomic mass is 32.1. The highest BCUT2D eigenvalue weighted by Crippen LogP contribution is 2.22. The molecule has 3 aromatic heterocycles. The van der Waals surface area contributed by atoms with Crippen LogP contribution >= 0.6 is 11.3 Å². The number of nitrogens with zero attached hydrogens (tertiary/aromatic N) is 3. The van der Waals surface area contributed by atoms with Crippen molar-refractivity contribution in [2.75, 3.05) is 20.6 Å². The number of hydrogen-bond acceptors (Lipinski definition) is 5. The summed E-state index contributed by atoms with van der Waals surface area (Å²) in [5.41, 5.74) is 2.10. The molecule has 0 aliphatic carbocycles. The Hall–Kier alpha value is -2.51. The smallest absolute Gasteiger partial charge is 0.269 e. The van der Waals surface area contributed by atoms with Gasteiger partial charge in [0, 0.05) is 29.4 Å². The maximum atomic E-state index is 12.4. The minimum Gasteiger partial charge on any atom is -0.349 e. The van der Waals surface area contributed by atoms with Crippen LogP contribution in [0.25, 0.3) is 11.3 Å². The van der Waals surface area contributed by atoms with E-state index >= 15 is 0 Å². The summed E-state index contributed by atoms with van der Waals surface area (Å²) in [7, 11) is 4.02. The molecule has 24 heavy (non-hydrogen) atoms. The van der Waals surface area contributed by atoms with E-state index < -0.39 is 0 Å². The Balaban J connectivity index is 1.66. The van der Waals surface area contributed by atoms with Crippen molar-refractivity contribution in [2.24, 2.45) is 0 Å². The van der Waals surface area contributed by atoms with Crippen molar-refractivity contribution >= 4 is 17.2 Å². The minimum absolute atomic E-state index is 0.150. The lowest BCUT2D eigenvalue weighted by Crippen LogP contribution is -2.34. The van der Waals surface area contributed by atoms with E-state index in [2.05, 4.69) is 31.5 Å². The first kappa shape index (κ1) is 16.4. The van der Waals surface area contributed by atoms with E-state index in [1.807, 2.05) is 37.7 Å². The molecule has 3 heterocycles. The quantitative estimate of drug-likeness (QED) is 0.723. The van der Waals surface area contributed by atoms with Gasteiger partial charge in [-0.05, 0) is 43.7 Å². The summed E-state index contributed by atoms with van der Waals surface area (Å²) in [5.74, 6) is -0.161. The largest absolute Gasteiger partial charge is 0.349 e. The van der Waals surface area contributed by atoms with Gasteiger partial charge in [0.1, 0.15) is 5.69 Å². The first-order chi connectivity index (χ1) is 11.6. The monoisotopic (exact) mass is 341 g/mol. The molecule has 0 radical (unpaired) electrons. The molecule has 0 fully saturated rings.